The molecule has 0 unspecified atom stereocenters. The number of carbonyl (C=O) groups is 2. The summed E-state index contributed by atoms with van der Waals surface area (Å²) in [5.74, 6) is -0.807. The second-order valence-electron chi connectivity index (χ2n) is 6.20. The summed E-state index contributed by atoms with van der Waals surface area (Å²) in [7, 11) is 0. The average molecular weight is 353 g/mol. The number of nitrogens with one attached hydrogen (secondary N) is 2. The lowest BCUT2D eigenvalue weighted by molar-refractivity contribution is -0.384. The van der Waals surface area contributed by atoms with Gasteiger partial charge in [0, 0.05) is 17.7 Å². The molecule has 0 fully saturated rings. The molecule has 3 rings (SSSR count). The van der Waals surface area contributed by atoms with Gasteiger partial charge in [-0.2, -0.15) is 0 Å². The number of nitrogens with zero attached hydrogens (tertiary/aromatic N) is 1. The highest BCUT2D eigenvalue weighted by molar-refractivity contribution is 5.97. The van der Waals surface area contributed by atoms with Crippen LogP contribution in [0, 0.1) is 10.1 Å². The highest BCUT2D eigenvalue weighted by Crippen LogP contribution is 2.29. The topological polar surface area (TPSA) is 101 Å². The van der Waals surface area contributed by atoms with Crippen LogP contribution < -0.4 is 10.6 Å². The van der Waals surface area contributed by atoms with E-state index in [1.165, 1.54) is 29.8 Å². The Bertz CT molecular complexity index is 850. The van der Waals surface area contributed by atoms with Gasteiger partial charge < -0.3 is 10.6 Å². The van der Waals surface area contributed by atoms with E-state index in [0.717, 1.165) is 24.8 Å². The van der Waals surface area contributed by atoms with Crippen molar-refractivity contribution < 1.29 is 14.5 Å². The van der Waals surface area contributed by atoms with Crippen molar-refractivity contribution in [2.75, 3.05) is 6.54 Å². The van der Waals surface area contributed by atoms with Crippen LogP contribution in [0.15, 0.2) is 48.5 Å². The molecule has 2 aromatic rings. The predicted molar refractivity (Wildman–Crippen MR) is 95.7 cm³/mol. The third-order valence-electron chi connectivity index (χ3n) is 4.43. The van der Waals surface area contributed by atoms with Crippen LogP contribution in [0.4, 0.5) is 5.69 Å². The summed E-state index contributed by atoms with van der Waals surface area (Å²) in [4.78, 5) is 34.5. The van der Waals surface area contributed by atoms with Gasteiger partial charge in [-0.3, -0.25) is 19.7 Å². The van der Waals surface area contributed by atoms with E-state index < -0.39 is 10.8 Å². The number of rotatable bonds is 5. The Morgan fingerprint density at radius 2 is 1.96 bits per heavy atom. The van der Waals surface area contributed by atoms with E-state index in [1.807, 2.05) is 18.2 Å². The van der Waals surface area contributed by atoms with E-state index >= 15 is 0 Å². The van der Waals surface area contributed by atoms with Gasteiger partial charge in [-0.1, -0.05) is 30.3 Å². The number of hydrogen-bond acceptors (Lipinski definition) is 4. The molecule has 0 heterocycles. The van der Waals surface area contributed by atoms with Gasteiger partial charge >= 0.3 is 0 Å². The summed E-state index contributed by atoms with van der Waals surface area (Å²) in [5.41, 5.74) is 2.35. The third kappa shape index (κ3) is 4.05. The number of benzene rings is 2. The molecule has 0 spiro atoms. The maximum atomic E-state index is 12.2. The van der Waals surface area contributed by atoms with Crippen LogP contribution in [-0.4, -0.2) is 23.3 Å². The van der Waals surface area contributed by atoms with Crippen LogP contribution in [-0.2, 0) is 11.2 Å². The third-order valence-corrected chi connectivity index (χ3v) is 4.43. The zero-order chi connectivity index (χ0) is 18.5. The predicted octanol–water partition coefficient (Wildman–Crippen LogP) is 2.52. The Hall–Kier alpha value is -3.22. The monoisotopic (exact) mass is 353 g/mol. The number of nitro benzene ring substituents is 1. The normalized spacial score (nSPS) is 15.6. The maximum absolute atomic E-state index is 12.2. The lowest BCUT2D eigenvalue weighted by atomic mass is 9.88. The first kappa shape index (κ1) is 17.6. The number of amides is 2. The number of aryl methyl sites for hydroxylation is 1. The molecule has 1 aliphatic rings. The van der Waals surface area contributed by atoms with Gasteiger partial charge in [0.1, 0.15) is 0 Å². The molecule has 0 saturated carbocycles. The van der Waals surface area contributed by atoms with E-state index in [1.54, 1.807) is 0 Å². The second-order valence-corrected chi connectivity index (χ2v) is 6.20. The van der Waals surface area contributed by atoms with Crippen LogP contribution in [0.3, 0.4) is 0 Å². The lowest BCUT2D eigenvalue weighted by Gasteiger charge is -2.26. The van der Waals surface area contributed by atoms with Gasteiger partial charge in [-0.05, 0) is 36.5 Å². The Morgan fingerprint density at radius 1 is 1.15 bits per heavy atom. The van der Waals surface area contributed by atoms with Crippen molar-refractivity contribution in [1.82, 2.24) is 10.6 Å². The first-order valence-corrected chi connectivity index (χ1v) is 8.44. The van der Waals surface area contributed by atoms with Gasteiger partial charge in [0.15, 0.2) is 0 Å². The smallest absolute Gasteiger partial charge is 0.270 e. The molecular formula is C19H19N3O4. The minimum atomic E-state index is -0.565. The van der Waals surface area contributed by atoms with E-state index in [9.17, 15) is 19.7 Å². The largest absolute Gasteiger partial charge is 0.348 e. The number of non-ortho nitro benzene ring substituents is 1. The first-order valence-electron chi connectivity index (χ1n) is 8.44. The maximum Gasteiger partial charge on any atom is 0.270 e. The fourth-order valence-corrected chi connectivity index (χ4v) is 3.17. The molecule has 2 amide bonds. The summed E-state index contributed by atoms with van der Waals surface area (Å²) in [6.45, 7) is -0.180. The van der Waals surface area contributed by atoms with Crippen LogP contribution in [0.1, 0.15) is 40.4 Å². The molecule has 0 aromatic heterocycles. The number of hydrogen-bond donors (Lipinski definition) is 2. The Kier molecular flexibility index (Phi) is 5.26. The van der Waals surface area contributed by atoms with E-state index in [0.29, 0.717) is 0 Å². The Labute approximate surface area is 150 Å². The molecule has 134 valence electrons. The molecular weight excluding hydrogens is 334 g/mol. The number of fused-ring (bicyclic) bond motifs is 1. The van der Waals surface area contributed by atoms with Gasteiger partial charge in [0.05, 0.1) is 17.5 Å². The molecule has 1 atom stereocenters. The standard InChI is InChI=1S/C19H19N3O4/c23-18(21-17-10-4-6-13-5-1-2-9-16(13)17)12-20-19(24)14-7-3-8-15(11-14)22(25)26/h1-3,5,7-9,11,17H,4,6,10,12H2,(H,20,24)(H,21,23)/t17-/m1/s1. The lowest BCUT2D eigenvalue weighted by Crippen LogP contribution is -2.39. The van der Waals surface area contributed by atoms with Crippen LogP contribution in [0.2, 0.25) is 0 Å². The summed E-state index contributed by atoms with van der Waals surface area (Å²) >= 11 is 0. The fourth-order valence-electron chi connectivity index (χ4n) is 3.17. The van der Waals surface area contributed by atoms with Crippen molar-refractivity contribution in [3.63, 3.8) is 0 Å². The fraction of sp³-hybridized carbons (Fsp3) is 0.263. The average Bonchev–Trinajstić information content (AvgIpc) is 2.66. The minimum absolute atomic E-state index is 0.0536. The minimum Gasteiger partial charge on any atom is -0.348 e. The molecule has 7 nitrogen and oxygen atoms in total. The van der Waals surface area contributed by atoms with Crippen LogP contribution >= 0.6 is 0 Å². The number of carbonyl (C=O) groups excluding carboxylic acids is 2. The Balaban J connectivity index is 1.57. The van der Waals surface area contributed by atoms with Gasteiger partial charge in [0.2, 0.25) is 5.91 Å². The first-order chi connectivity index (χ1) is 12.5. The second kappa shape index (κ2) is 7.77. The van der Waals surface area contributed by atoms with Crippen LogP contribution in [0.5, 0.6) is 0 Å². The quantitative estimate of drug-likeness (QED) is 0.637. The van der Waals surface area contributed by atoms with E-state index in [4.69, 9.17) is 0 Å². The van der Waals surface area contributed by atoms with Crippen molar-refractivity contribution >= 4 is 17.5 Å². The van der Waals surface area contributed by atoms with Crippen molar-refractivity contribution in [2.45, 2.75) is 25.3 Å². The molecule has 0 radical (unpaired) electrons. The summed E-state index contributed by atoms with van der Waals surface area (Å²) in [6, 6.07) is 13.4. The Morgan fingerprint density at radius 3 is 2.77 bits per heavy atom. The van der Waals surface area contributed by atoms with Gasteiger partial charge in [-0.25, -0.2) is 0 Å². The van der Waals surface area contributed by atoms with Crippen molar-refractivity contribution in [3.05, 3.63) is 75.3 Å². The molecule has 1 aliphatic carbocycles. The van der Waals surface area contributed by atoms with Crippen LogP contribution in [0.25, 0.3) is 0 Å². The van der Waals surface area contributed by atoms with E-state index in [-0.39, 0.29) is 29.7 Å². The summed E-state index contributed by atoms with van der Waals surface area (Å²) < 4.78 is 0. The highest BCUT2D eigenvalue weighted by Gasteiger charge is 2.21. The SMILES string of the molecule is O=C(CNC(=O)c1cccc([N+](=O)[O-])c1)N[C@@H]1CCCc2ccccc21. The van der Waals surface area contributed by atoms with Crippen molar-refractivity contribution in [2.24, 2.45) is 0 Å². The zero-order valence-corrected chi connectivity index (χ0v) is 14.1. The number of nitro groups is 1. The molecule has 0 saturated heterocycles. The van der Waals surface area contributed by atoms with Crippen molar-refractivity contribution in [3.8, 4) is 0 Å². The molecule has 0 bridgehead atoms. The van der Waals surface area contributed by atoms with Gasteiger partial charge in [0.25, 0.3) is 11.6 Å². The molecule has 2 N–H and O–H groups in total. The molecule has 26 heavy (non-hydrogen) atoms. The zero-order valence-electron chi connectivity index (χ0n) is 14.1. The molecule has 0 aliphatic heterocycles. The van der Waals surface area contributed by atoms with E-state index in [2.05, 4.69) is 16.7 Å². The summed E-state index contributed by atoms with van der Waals surface area (Å²) in [6.07, 6.45) is 2.87. The molecule has 2 aromatic carbocycles. The van der Waals surface area contributed by atoms with Crippen molar-refractivity contribution in [1.29, 1.82) is 0 Å². The summed E-state index contributed by atoms with van der Waals surface area (Å²) in [5, 5.41) is 16.2. The van der Waals surface area contributed by atoms with Gasteiger partial charge in [-0.15, -0.1) is 0 Å². The molecule has 7 heteroatoms. The highest BCUT2D eigenvalue weighted by atomic mass is 16.6.